The number of nitrogens with zero attached hydrogens (tertiary/aromatic N) is 1. The molecule has 1 fully saturated rings. The normalized spacial score (nSPS) is 18.7. The van der Waals surface area contributed by atoms with E-state index in [2.05, 4.69) is 0 Å². The third kappa shape index (κ3) is 3.44. The van der Waals surface area contributed by atoms with Crippen LogP contribution in [0.5, 0.6) is 0 Å². The van der Waals surface area contributed by atoms with Gasteiger partial charge in [-0.2, -0.15) is 0 Å². The zero-order valence-corrected chi connectivity index (χ0v) is 14.3. The molecule has 7 heteroatoms. The summed E-state index contributed by atoms with van der Waals surface area (Å²) in [6, 6.07) is 10.5. The molecule has 1 heterocycles. The van der Waals surface area contributed by atoms with Crippen LogP contribution in [0.15, 0.2) is 54.1 Å². The van der Waals surface area contributed by atoms with E-state index < -0.39 is 41.8 Å². The van der Waals surface area contributed by atoms with E-state index >= 15 is 0 Å². The Labute approximate surface area is 154 Å². The molecule has 0 aliphatic carbocycles. The third-order valence-electron chi connectivity index (χ3n) is 4.36. The van der Waals surface area contributed by atoms with Crippen molar-refractivity contribution < 1.29 is 29.0 Å². The van der Waals surface area contributed by atoms with Gasteiger partial charge in [-0.1, -0.05) is 42.0 Å². The fourth-order valence-corrected chi connectivity index (χ4v) is 3.05. The van der Waals surface area contributed by atoms with Gasteiger partial charge in [0, 0.05) is 5.56 Å². The van der Waals surface area contributed by atoms with Crippen LogP contribution in [-0.2, 0) is 14.4 Å². The van der Waals surface area contributed by atoms with Crippen molar-refractivity contribution in [2.24, 2.45) is 0 Å². The van der Waals surface area contributed by atoms with Crippen molar-refractivity contribution >= 4 is 23.4 Å². The van der Waals surface area contributed by atoms with Gasteiger partial charge in [0.25, 0.3) is 11.7 Å². The minimum Gasteiger partial charge on any atom is -0.507 e. The van der Waals surface area contributed by atoms with E-state index in [9.17, 15) is 23.9 Å². The second-order valence-corrected chi connectivity index (χ2v) is 6.24. The number of ketones is 1. The van der Waals surface area contributed by atoms with E-state index in [1.807, 2.05) is 6.92 Å². The number of carbonyl (C=O) groups is 3. The lowest BCUT2D eigenvalue weighted by Gasteiger charge is -2.23. The number of hydrogen-bond acceptors (Lipinski definition) is 4. The number of amides is 1. The number of aliphatic hydroxyl groups excluding tert-OH is 1. The molecule has 0 bridgehead atoms. The summed E-state index contributed by atoms with van der Waals surface area (Å²) in [5.74, 6) is -4.24. The molecule has 2 N–H and O–H groups in total. The molecule has 0 spiro atoms. The molecule has 0 aromatic heterocycles. The monoisotopic (exact) mass is 369 g/mol. The largest absolute Gasteiger partial charge is 0.507 e. The highest BCUT2D eigenvalue weighted by Gasteiger charge is 2.46. The molecule has 138 valence electrons. The SMILES string of the molecule is Cc1ccc(/C(O)=C2\C(=O)C(=O)N(CC(=O)O)C2c2ccc(F)cc2)cc1. The van der Waals surface area contributed by atoms with Crippen LogP contribution in [0, 0.1) is 12.7 Å². The highest BCUT2D eigenvalue weighted by atomic mass is 19.1. The van der Waals surface area contributed by atoms with E-state index in [4.69, 9.17) is 5.11 Å². The first kappa shape index (κ1) is 18.3. The summed E-state index contributed by atoms with van der Waals surface area (Å²) in [6.07, 6.45) is 0. The predicted molar refractivity (Wildman–Crippen MR) is 94.2 cm³/mol. The number of Topliss-reactive ketones (excluding diaryl/α,β-unsaturated/α-hetero) is 1. The highest BCUT2D eigenvalue weighted by Crippen LogP contribution is 2.39. The number of hydrogen-bond donors (Lipinski definition) is 2. The standard InChI is InChI=1S/C20H16FNO5/c1-11-2-4-13(5-3-11)18(25)16-17(12-6-8-14(21)9-7-12)22(10-15(23)24)20(27)19(16)26/h2-9,17,25H,10H2,1H3,(H,23,24)/b18-16+. The van der Waals surface area contributed by atoms with Crippen molar-refractivity contribution in [2.75, 3.05) is 6.54 Å². The Kier molecular flexibility index (Phi) is 4.77. The molecule has 1 atom stereocenters. The summed E-state index contributed by atoms with van der Waals surface area (Å²) in [5, 5.41) is 19.8. The fraction of sp³-hybridized carbons (Fsp3) is 0.150. The molecular weight excluding hydrogens is 353 g/mol. The number of aryl methyl sites for hydroxylation is 1. The summed E-state index contributed by atoms with van der Waals surface area (Å²) < 4.78 is 13.3. The van der Waals surface area contributed by atoms with Gasteiger partial charge in [0.1, 0.15) is 18.1 Å². The number of carboxylic acid groups (broad SMARTS) is 1. The summed E-state index contributed by atoms with van der Waals surface area (Å²) in [4.78, 5) is 37.0. The van der Waals surface area contributed by atoms with Crippen LogP contribution in [0.1, 0.15) is 22.7 Å². The lowest BCUT2D eigenvalue weighted by Crippen LogP contribution is -2.34. The second kappa shape index (κ2) is 7.03. The topological polar surface area (TPSA) is 94.9 Å². The van der Waals surface area contributed by atoms with Crippen LogP contribution in [-0.4, -0.2) is 39.3 Å². The molecule has 1 aliphatic rings. The Morgan fingerprint density at radius 2 is 1.63 bits per heavy atom. The maximum absolute atomic E-state index is 13.3. The van der Waals surface area contributed by atoms with Gasteiger partial charge in [0.15, 0.2) is 0 Å². The Hall–Kier alpha value is -3.48. The van der Waals surface area contributed by atoms with Crippen LogP contribution >= 0.6 is 0 Å². The lowest BCUT2D eigenvalue weighted by atomic mass is 9.95. The molecule has 1 saturated heterocycles. The van der Waals surface area contributed by atoms with E-state index in [0.717, 1.165) is 22.6 Å². The second-order valence-electron chi connectivity index (χ2n) is 6.24. The molecule has 1 amide bonds. The van der Waals surface area contributed by atoms with Crippen molar-refractivity contribution in [2.45, 2.75) is 13.0 Å². The van der Waals surface area contributed by atoms with E-state index in [-0.39, 0.29) is 5.57 Å². The van der Waals surface area contributed by atoms with Crippen molar-refractivity contribution in [3.05, 3.63) is 76.6 Å². The van der Waals surface area contributed by atoms with Gasteiger partial charge in [0.05, 0.1) is 11.6 Å². The molecule has 1 unspecified atom stereocenters. The summed E-state index contributed by atoms with van der Waals surface area (Å²) >= 11 is 0. The van der Waals surface area contributed by atoms with Crippen molar-refractivity contribution in [1.29, 1.82) is 0 Å². The van der Waals surface area contributed by atoms with Crippen LogP contribution in [0.4, 0.5) is 4.39 Å². The number of carbonyl (C=O) groups excluding carboxylic acids is 2. The Bertz CT molecular complexity index is 947. The first-order valence-electron chi connectivity index (χ1n) is 8.12. The van der Waals surface area contributed by atoms with Crippen molar-refractivity contribution in [3.63, 3.8) is 0 Å². The third-order valence-corrected chi connectivity index (χ3v) is 4.36. The first-order chi connectivity index (χ1) is 12.8. The van der Waals surface area contributed by atoms with Crippen LogP contribution < -0.4 is 0 Å². The first-order valence-corrected chi connectivity index (χ1v) is 8.12. The van der Waals surface area contributed by atoms with Crippen LogP contribution in [0.3, 0.4) is 0 Å². The molecule has 1 aliphatic heterocycles. The molecule has 2 aromatic carbocycles. The maximum atomic E-state index is 13.3. The predicted octanol–water partition coefficient (Wildman–Crippen LogP) is 2.64. The van der Waals surface area contributed by atoms with Gasteiger partial charge < -0.3 is 15.1 Å². The van der Waals surface area contributed by atoms with Crippen molar-refractivity contribution in [1.82, 2.24) is 4.90 Å². The zero-order valence-electron chi connectivity index (χ0n) is 14.3. The minimum atomic E-state index is -1.31. The molecule has 0 radical (unpaired) electrons. The molecule has 3 rings (SSSR count). The number of aliphatic hydroxyl groups is 1. The Morgan fingerprint density at radius 1 is 1.04 bits per heavy atom. The molecule has 27 heavy (non-hydrogen) atoms. The quantitative estimate of drug-likeness (QED) is 0.491. The van der Waals surface area contributed by atoms with Gasteiger partial charge in [-0.3, -0.25) is 14.4 Å². The average molecular weight is 369 g/mol. The highest BCUT2D eigenvalue weighted by molar-refractivity contribution is 6.46. The molecule has 2 aromatic rings. The maximum Gasteiger partial charge on any atom is 0.323 e. The van der Waals surface area contributed by atoms with E-state index in [1.165, 1.54) is 12.1 Å². The van der Waals surface area contributed by atoms with Gasteiger partial charge in [-0.15, -0.1) is 0 Å². The number of aliphatic carboxylic acids is 1. The van der Waals surface area contributed by atoms with Crippen LogP contribution in [0.25, 0.3) is 5.76 Å². The van der Waals surface area contributed by atoms with Gasteiger partial charge in [0.2, 0.25) is 0 Å². The van der Waals surface area contributed by atoms with Gasteiger partial charge in [-0.05, 0) is 24.6 Å². The Balaban J connectivity index is 2.19. The number of benzene rings is 2. The average Bonchev–Trinajstić information content (AvgIpc) is 2.87. The van der Waals surface area contributed by atoms with Crippen LogP contribution in [0.2, 0.25) is 0 Å². The summed E-state index contributed by atoms with van der Waals surface area (Å²) in [6.45, 7) is 1.13. The Morgan fingerprint density at radius 3 is 2.19 bits per heavy atom. The number of likely N-dealkylation sites (tertiary alicyclic amines) is 1. The van der Waals surface area contributed by atoms with Gasteiger partial charge >= 0.3 is 5.97 Å². The van der Waals surface area contributed by atoms with Gasteiger partial charge in [-0.25, -0.2) is 4.39 Å². The molecule has 0 saturated carbocycles. The number of halogens is 1. The van der Waals surface area contributed by atoms with E-state index in [1.54, 1.807) is 24.3 Å². The van der Waals surface area contributed by atoms with Crippen molar-refractivity contribution in [3.8, 4) is 0 Å². The smallest absolute Gasteiger partial charge is 0.323 e. The minimum absolute atomic E-state index is 0.225. The summed E-state index contributed by atoms with van der Waals surface area (Å²) in [7, 11) is 0. The van der Waals surface area contributed by atoms with E-state index in [0.29, 0.717) is 11.1 Å². The summed E-state index contributed by atoms with van der Waals surface area (Å²) in [5.41, 5.74) is 1.36. The molecule has 6 nitrogen and oxygen atoms in total. The number of carboxylic acids is 1. The lowest BCUT2D eigenvalue weighted by molar-refractivity contribution is -0.146. The zero-order chi connectivity index (χ0) is 19.7. The number of rotatable bonds is 4. The fourth-order valence-electron chi connectivity index (χ4n) is 3.05. The molecular formula is C20H16FNO5.